The molecule has 0 amide bonds. The number of aliphatic imine (C=N–C) groups is 1. The van der Waals surface area contributed by atoms with Gasteiger partial charge >= 0.3 is 0 Å². The molecule has 2 heterocycles. The second-order valence-corrected chi connectivity index (χ2v) is 6.01. The molecule has 1 saturated heterocycles. The third-order valence-corrected chi connectivity index (χ3v) is 4.60. The molecule has 2 unspecified atom stereocenters. The van der Waals surface area contributed by atoms with Crippen LogP contribution in [0.4, 0.5) is 0 Å². The zero-order valence-corrected chi connectivity index (χ0v) is 12.3. The molecule has 2 aliphatic rings. The van der Waals surface area contributed by atoms with Crippen molar-refractivity contribution in [1.29, 1.82) is 0 Å². The summed E-state index contributed by atoms with van der Waals surface area (Å²) in [6.07, 6.45) is 9.12. The van der Waals surface area contributed by atoms with E-state index in [-0.39, 0.29) is 0 Å². The van der Waals surface area contributed by atoms with Crippen LogP contribution in [0.15, 0.2) is 28.0 Å². The summed E-state index contributed by atoms with van der Waals surface area (Å²) in [5.41, 5.74) is 1.14. The van der Waals surface area contributed by atoms with Gasteiger partial charge in [0, 0.05) is 25.2 Å². The summed E-state index contributed by atoms with van der Waals surface area (Å²) in [6.45, 7) is 6.13. The number of nitrogens with zero attached hydrogens (tertiary/aromatic N) is 2. The van der Waals surface area contributed by atoms with Gasteiger partial charge < -0.3 is 14.6 Å². The second-order valence-electron chi connectivity index (χ2n) is 6.01. The number of rotatable bonds is 3. The van der Waals surface area contributed by atoms with E-state index >= 15 is 0 Å². The van der Waals surface area contributed by atoms with E-state index in [0.29, 0.717) is 6.54 Å². The molecule has 3 rings (SSSR count). The van der Waals surface area contributed by atoms with Crippen molar-refractivity contribution in [2.45, 2.75) is 39.2 Å². The van der Waals surface area contributed by atoms with Gasteiger partial charge in [-0.3, -0.25) is 0 Å². The molecule has 0 bridgehead atoms. The number of fused-ring (bicyclic) bond motifs is 1. The topological polar surface area (TPSA) is 40.8 Å². The molecule has 110 valence electrons. The summed E-state index contributed by atoms with van der Waals surface area (Å²) < 4.78 is 5.11. The monoisotopic (exact) mass is 275 g/mol. The Balaban J connectivity index is 1.65. The molecule has 1 N–H and O–H groups in total. The maximum absolute atomic E-state index is 5.11. The highest BCUT2D eigenvalue weighted by Crippen LogP contribution is 2.35. The van der Waals surface area contributed by atoms with Crippen LogP contribution >= 0.6 is 0 Å². The van der Waals surface area contributed by atoms with Crippen molar-refractivity contribution >= 4 is 5.96 Å². The minimum atomic E-state index is 0.699. The van der Waals surface area contributed by atoms with E-state index in [2.05, 4.69) is 17.1 Å². The number of furan rings is 1. The molecule has 20 heavy (non-hydrogen) atoms. The molecule has 2 fully saturated rings. The molecule has 2 atom stereocenters. The van der Waals surface area contributed by atoms with Crippen LogP contribution in [0.5, 0.6) is 0 Å². The Hall–Kier alpha value is -1.45. The summed E-state index contributed by atoms with van der Waals surface area (Å²) in [5.74, 6) is 2.85. The maximum atomic E-state index is 5.11. The van der Waals surface area contributed by atoms with Crippen molar-refractivity contribution in [3.05, 3.63) is 24.2 Å². The Labute approximate surface area is 121 Å². The SMILES string of the molecule is CCNC(=NCc1ccoc1)N1CC2CCCCC2C1. The fourth-order valence-electron chi connectivity index (χ4n) is 3.55. The van der Waals surface area contributed by atoms with Gasteiger partial charge in [0.15, 0.2) is 5.96 Å². The zero-order chi connectivity index (χ0) is 13.8. The molecule has 1 saturated carbocycles. The fourth-order valence-corrected chi connectivity index (χ4v) is 3.55. The molecule has 0 aromatic carbocycles. The van der Waals surface area contributed by atoms with Gasteiger partial charge in [0.1, 0.15) is 0 Å². The van der Waals surface area contributed by atoms with E-state index < -0.39 is 0 Å². The van der Waals surface area contributed by atoms with Gasteiger partial charge in [0.2, 0.25) is 0 Å². The molecule has 0 spiro atoms. The second kappa shape index (κ2) is 6.33. The Kier molecular flexibility index (Phi) is 4.28. The van der Waals surface area contributed by atoms with Gasteiger partial charge in [-0.15, -0.1) is 0 Å². The van der Waals surface area contributed by atoms with Crippen molar-refractivity contribution in [1.82, 2.24) is 10.2 Å². The lowest BCUT2D eigenvalue weighted by Gasteiger charge is -2.22. The average molecular weight is 275 g/mol. The smallest absolute Gasteiger partial charge is 0.194 e. The highest BCUT2D eigenvalue weighted by molar-refractivity contribution is 5.80. The first kappa shape index (κ1) is 13.5. The highest BCUT2D eigenvalue weighted by atomic mass is 16.3. The van der Waals surface area contributed by atoms with Gasteiger partial charge in [-0.25, -0.2) is 4.99 Å². The van der Waals surface area contributed by atoms with Crippen molar-refractivity contribution in [3.8, 4) is 0 Å². The molecule has 1 aliphatic carbocycles. The van der Waals surface area contributed by atoms with Crippen LogP contribution in [-0.4, -0.2) is 30.5 Å². The number of hydrogen-bond donors (Lipinski definition) is 1. The normalized spacial score (nSPS) is 26.6. The molecular weight excluding hydrogens is 250 g/mol. The van der Waals surface area contributed by atoms with Crippen molar-refractivity contribution in [3.63, 3.8) is 0 Å². The van der Waals surface area contributed by atoms with E-state index in [1.165, 1.54) is 38.8 Å². The standard InChI is InChI=1S/C16H25N3O/c1-2-17-16(18-9-13-7-8-20-12-13)19-10-14-5-3-4-6-15(14)11-19/h7-8,12,14-15H,2-6,9-11H2,1H3,(H,17,18). The maximum Gasteiger partial charge on any atom is 0.194 e. The first-order valence-corrected chi connectivity index (χ1v) is 7.91. The van der Waals surface area contributed by atoms with Gasteiger partial charge in [-0.2, -0.15) is 0 Å². The zero-order valence-electron chi connectivity index (χ0n) is 12.3. The number of guanidine groups is 1. The quantitative estimate of drug-likeness (QED) is 0.681. The summed E-state index contributed by atoms with van der Waals surface area (Å²) in [6, 6.07) is 1.98. The van der Waals surface area contributed by atoms with Crippen LogP contribution in [0.2, 0.25) is 0 Å². The Morgan fingerprint density at radius 1 is 1.35 bits per heavy atom. The third-order valence-electron chi connectivity index (χ3n) is 4.60. The molecular formula is C16H25N3O. The predicted molar refractivity (Wildman–Crippen MR) is 80.5 cm³/mol. The van der Waals surface area contributed by atoms with Crippen LogP contribution in [-0.2, 0) is 6.54 Å². The number of likely N-dealkylation sites (tertiary alicyclic amines) is 1. The lowest BCUT2D eigenvalue weighted by molar-refractivity contribution is 0.299. The summed E-state index contributed by atoms with van der Waals surface area (Å²) in [5, 5.41) is 3.44. The first-order chi connectivity index (χ1) is 9.86. The van der Waals surface area contributed by atoms with Crippen LogP contribution < -0.4 is 5.32 Å². The van der Waals surface area contributed by atoms with Crippen molar-refractivity contribution < 1.29 is 4.42 Å². The summed E-state index contributed by atoms with van der Waals surface area (Å²) in [7, 11) is 0. The fraction of sp³-hybridized carbons (Fsp3) is 0.688. The highest BCUT2D eigenvalue weighted by Gasteiger charge is 2.35. The van der Waals surface area contributed by atoms with E-state index in [9.17, 15) is 0 Å². The molecule has 4 heteroatoms. The Morgan fingerprint density at radius 3 is 2.70 bits per heavy atom. The van der Waals surface area contributed by atoms with Crippen molar-refractivity contribution in [2.24, 2.45) is 16.8 Å². The van der Waals surface area contributed by atoms with Gasteiger partial charge in [0.25, 0.3) is 0 Å². The number of nitrogens with one attached hydrogen (secondary N) is 1. The molecule has 1 aromatic heterocycles. The Morgan fingerprint density at radius 2 is 2.10 bits per heavy atom. The lowest BCUT2D eigenvalue weighted by atomic mass is 9.82. The third kappa shape index (κ3) is 3.00. The van der Waals surface area contributed by atoms with E-state index in [1.807, 2.05) is 6.07 Å². The van der Waals surface area contributed by atoms with Crippen molar-refractivity contribution in [2.75, 3.05) is 19.6 Å². The molecule has 1 aliphatic heterocycles. The van der Waals surface area contributed by atoms with E-state index in [4.69, 9.17) is 9.41 Å². The number of hydrogen-bond acceptors (Lipinski definition) is 2. The minimum absolute atomic E-state index is 0.699. The largest absolute Gasteiger partial charge is 0.472 e. The summed E-state index contributed by atoms with van der Waals surface area (Å²) in [4.78, 5) is 7.23. The van der Waals surface area contributed by atoms with Crippen LogP contribution in [0.1, 0.15) is 38.2 Å². The van der Waals surface area contributed by atoms with Gasteiger partial charge in [-0.05, 0) is 37.7 Å². The molecule has 0 radical (unpaired) electrons. The average Bonchev–Trinajstić information content (AvgIpc) is 3.12. The van der Waals surface area contributed by atoms with Gasteiger partial charge in [-0.1, -0.05) is 12.8 Å². The van der Waals surface area contributed by atoms with Crippen LogP contribution in [0, 0.1) is 11.8 Å². The predicted octanol–water partition coefficient (Wildman–Crippen LogP) is 2.87. The lowest BCUT2D eigenvalue weighted by Crippen LogP contribution is -2.40. The first-order valence-electron chi connectivity index (χ1n) is 7.91. The van der Waals surface area contributed by atoms with Gasteiger partial charge in [0.05, 0.1) is 19.1 Å². The minimum Gasteiger partial charge on any atom is -0.472 e. The Bertz CT molecular complexity index is 427. The summed E-state index contributed by atoms with van der Waals surface area (Å²) >= 11 is 0. The molecule has 1 aromatic rings. The van der Waals surface area contributed by atoms with E-state index in [1.54, 1.807) is 12.5 Å². The van der Waals surface area contributed by atoms with E-state index in [0.717, 1.165) is 29.9 Å². The molecule has 4 nitrogen and oxygen atoms in total. The van der Waals surface area contributed by atoms with Crippen LogP contribution in [0.25, 0.3) is 0 Å². The van der Waals surface area contributed by atoms with Crippen LogP contribution in [0.3, 0.4) is 0 Å².